The zero-order valence-electron chi connectivity index (χ0n) is 19.6. The molecule has 2 aliphatic rings. The highest BCUT2D eigenvalue weighted by atomic mass is 32.2. The summed E-state index contributed by atoms with van der Waals surface area (Å²) in [6.07, 6.45) is 3.01. The minimum atomic E-state index is -3.15. The van der Waals surface area contributed by atoms with E-state index in [4.69, 9.17) is 0 Å². The van der Waals surface area contributed by atoms with Crippen LogP contribution in [0.2, 0.25) is 0 Å². The molecule has 34 heavy (non-hydrogen) atoms. The predicted molar refractivity (Wildman–Crippen MR) is 133 cm³/mol. The quantitative estimate of drug-likeness (QED) is 0.525. The molecule has 2 aromatic rings. The molecule has 4 rings (SSSR count). The van der Waals surface area contributed by atoms with E-state index in [1.54, 1.807) is 12.1 Å². The Balaban J connectivity index is 1.23. The number of hydrogen-bond donors (Lipinski definition) is 3. The van der Waals surface area contributed by atoms with E-state index in [1.807, 2.05) is 18.2 Å². The number of benzene rings is 2. The Morgan fingerprint density at radius 2 is 1.82 bits per heavy atom. The fraction of sp³-hybridized carbons (Fsp3) is 0.480. The molecule has 0 saturated carbocycles. The Morgan fingerprint density at radius 3 is 2.56 bits per heavy atom. The molecule has 8 nitrogen and oxygen atoms in total. The van der Waals surface area contributed by atoms with Crippen molar-refractivity contribution in [1.29, 1.82) is 0 Å². The smallest absolute Gasteiger partial charge is 0.251 e. The number of piperidine rings is 1. The van der Waals surface area contributed by atoms with Crippen molar-refractivity contribution in [1.82, 2.24) is 14.5 Å². The Kier molecular flexibility index (Phi) is 7.88. The van der Waals surface area contributed by atoms with E-state index in [0.29, 0.717) is 25.2 Å². The molecule has 0 spiro atoms. The lowest BCUT2D eigenvalue weighted by atomic mass is 10.00. The summed E-state index contributed by atoms with van der Waals surface area (Å²) in [5.41, 5.74) is 4.03. The number of aliphatic hydroxyl groups excluding tert-OH is 1. The second-order valence-corrected chi connectivity index (χ2v) is 11.3. The molecule has 2 aliphatic heterocycles. The van der Waals surface area contributed by atoms with Crippen molar-refractivity contribution in [3.8, 4) is 0 Å². The SMILES string of the molecule is CS(=O)(=O)N1CCC(Nc2cccc(C(=O)NCC(O)CN3CCc4ccccc4C3)c2)CC1. The van der Waals surface area contributed by atoms with Gasteiger partial charge >= 0.3 is 0 Å². The molecule has 9 heteroatoms. The van der Waals surface area contributed by atoms with Gasteiger partial charge in [0.2, 0.25) is 10.0 Å². The Morgan fingerprint density at radius 1 is 1.09 bits per heavy atom. The molecule has 184 valence electrons. The molecule has 0 aromatic heterocycles. The van der Waals surface area contributed by atoms with E-state index < -0.39 is 16.1 Å². The summed E-state index contributed by atoms with van der Waals surface area (Å²) in [7, 11) is -3.15. The summed E-state index contributed by atoms with van der Waals surface area (Å²) in [5, 5.41) is 16.7. The lowest BCUT2D eigenvalue weighted by molar-refractivity contribution is 0.0842. The van der Waals surface area contributed by atoms with Crippen molar-refractivity contribution >= 4 is 21.6 Å². The van der Waals surface area contributed by atoms with E-state index in [2.05, 4.69) is 33.7 Å². The second-order valence-electron chi connectivity index (χ2n) is 9.28. The van der Waals surface area contributed by atoms with Crippen LogP contribution in [0.1, 0.15) is 34.3 Å². The van der Waals surface area contributed by atoms with Gasteiger partial charge in [-0.25, -0.2) is 12.7 Å². The number of carbonyl (C=O) groups excluding carboxylic acids is 1. The first-order chi connectivity index (χ1) is 16.3. The highest BCUT2D eigenvalue weighted by Gasteiger charge is 2.25. The van der Waals surface area contributed by atoms with Crippen molar-refractivity contribution in [2.75, 3.05) is 44.3 Å². The third kappa shape index (κ3) is 6.56. The van der Waals surface area contributed by atoms with Gasteiger partial charge in [0.1, 0.15) is 0 Å². The Labute approximate surface area is 202 Å². The number of β-amino-alcohol motifs (C(OH)–C–C–N with tert-alkyl or cyclic N) is 1. The minimum absolute atomic E-state index is 0.160. The summed E-state index contributed by atoms with van der Waals surface area (Å²) >= 11 is 0. The van der Waals surface area contributed by atoms with Crippen LogP contribution in [0.15, 0.2) is 48.5 Å². The summed E-state index contributed by atoms with van der Waals surface area (Å²) in [6.45, 7) is 3.42. The lowest BCUT2D eigenvalue weighted by Gasteiger charge is -2.31. The molecular formula is C25H34N4O4S. The highest BCUT2D eigenvalue weighted by molar-refractivity contribution is 7.88. The Bertz CT molecular complexity index is 1100. The maximum Gasteiger partial charge on any atom is 0.251 e. The van der Waals surface area contributed by atoms with Crippen molar-refractivity contribution < 1.29 is 18.3 Å². The number of nitrogens with zero attached hydrogens (tertiary/aromatic N) is 2. The molecule has 0 radical (unpaired) electrons. The zero-order valence-corrected chi connectivity index (χ0v) is 20.4. The van der Waals surface area contributed by atoms with Crippen LogP contribution in [-0.2, 0) is 23.0 Å². The van der Waals surface area contributed by atoms with Crippen LogP contribution in [-0.4, -0.2) is 79.8 Å². The van der Waals surface area contributed by atoms with Crippen LogP contribution in [0.25, 0.3) is 0 Å². The summed E-state index contributed by atoms with van der Waals surface area (Å²) in [4.78, 5) is 14.9. The van der Waals surface area contributed by atoms with E-state index >= 15 is 0 Å². The monoisotopic (exact) mass is 486 g/mol. The number of fused-ring (bicyclic) bond motifs is 1. The number of hydrogen-bond acceptors (Lipinski definition) is 6. The van der Waals surface area contributed by atoms with Crippen molar-refractivity contribution in [3.63, 3.8) is 0 Å². The van der Waals surface area contributed by atoms with Gasteiger partial charge in [0.05, 0.1) is 12.4 Å². The van der Waals surface area contributed by atoms with Gasteiger partial charge in [-0.15, -0.1) is 0 Å². The average Bonchev–Trinajstić information content (AvgIpc) is 2.82. The molecule has 2 aromatic carbocycles. The summed E-state index contributed by atoms with van der Waals surface area (Å²) < 4.78 is 24.9. The maximum absolute atomic E-state index is 12.7. The normalized spacial score (nSPS) is 18.8. The molecule has 2 heterocycles. The molecule has 3 N–H and O–H groups in total. The van der Waals surface area contributed by atoms with Crippen LogP contribution < -0.4 is 10.6 Å². The van der Waals surface area contributed by atoms with Gasteiger partial charge in [0.15, 0.2) is 0 Å². The molecule has 1 saturated heterocycles. The average molecular weight is 487 g/mol. The van der Waals surface area contributed by atoms with Crippen LogP contribution in [0.4, 0.5) is 5.69 Å². The van der Waals surface area contributed by atoms with Crippen molar-refractivity contribution in [3.05, 3.63) is 65.2 Å². The molecule has 0 aliphatic carbocycles. The first-order valence-electron chi connectivity index (χ1n) is 11.8. The fourth-order valence-electron chi connectivity index (χ4n) is 4.70. The second kappa shape index (κ2) is 10.9. The number of amides is 1. The number of carbonyl (C=O) groups is 1. The van der Waals surface area contributed by atoms with Crippen LogP contribution >= 0.6 is 0 Å². The molecule has 1 unspecified atom stereocenters. The van der Waals surface area contributed by atoms with Gasteiger partial charge in [-0.2, -0.15) is 0 Å². The fourth-order valence-corrected chi connectivity index (χ4v) is 5.58. The molecular weight excluding hydrogens is 452 g/mol. The van der Waals surface area contributed by atoms with Crippen molar-refractivity contribution in [2.45, 2.75) is 38.0 Å². The number of aliphatic hydroxyl groups is 1. The van der Waals surface area contributed by atoms with Crippen molar-refractivity contribution in [2.24, 2.45) is 0 Å². The van der Waals surface area contributed by atoms with Gasteiger partial charge in [-0.3, -0.25) is 9.69 Å². The number of sulfonamides is 1. The van der Waals surface area contributed by atoms with E-state index in [-0.39, 0.29) is 18.5 Å². The first kappa shape index (κ1) is 24.7. The zero-order chi connectivity index (χ0) is 24.1. The maximum atomic E-state index is 12.7. The number of nitrogens with one attached hydrogen (secondary N) is 2. The minimum Gasteiger partial charge on any atom is -0.390 e. The first-order valence-corrected chi connectivity index (χ1v) is 13.7. The third-order valence-electron chi connectivity index (χ3n) is 6.60. The van der Waals surface area contributed by atoms with Gasteiger partial charge in [-0.05, 0) is 48.6 Å². The summed E-state index contributed by atoms with van der Waals surface area (Å²) in [6, 6.07) is 15.8. The standard InChI is InChI=1S/C25H34N4O4S/c1-34(32,33)29-13-10-22(11-14-29)27-23-8-4-7-20(15-23)25(31)26-16-24(30)18-28-12-9-19-5-2-3-6-21(19)17-28/h2-8,15,22,24,27,30H,9-14,16-18H2,1H3,(H,26,31). The van der Waals surface area contributed by atoms with E-state index in [9.17, 15) is 18.3 Å². The highest BCUT2D eigenvalue weighted by Crippen LogP contribution is 2.20. The van der Waals surface area contributed by atoms with E-state index in [1.165, 1.54) is 21.7 Å². The van der Waals surface area contributed by atoms with Gasteiger partial charge in [0.25, 0.3) is 5.91 Å². The molecule has 1 fully saturated rings. The van der Waals surface area contributed by atoms with Gasteiger partial charge in [-0.1, -0.05) is 30.3 Å². The summed E-state index contributed by atoms with van der Waals surface area (Å²) in [5.74, 6) is -0.224. The van der Waals surface area contributed by atoms with Gasteiger partial charge < -0.3 is 15.7 Å². The molecule has 0 bridgehead atoms. The topological polar surface area (TPSA) is 102 Å². The number of rotatable bonds is 8. The van der Waals surface area contributed by atoms with Crippen LogP contribution in [0, 0.1) is 0 Å². The predicted octanol–water partition coefficient (Wildman–Crippen LogP) is 1.67. The Hall–Kier alpha value is -2.46. The largest absolute Gasteiger partial charge is 0.390 e. The number of anilines is 1. The van der Waals surface area contributed by atoms with Crippen LogP contribution in [0.3, 0.4) is 0 Å². The van der Waals surface area contributed by atoms with E-state index in [0.717, 1.165) is 38.0 Å². The molecule has 1 atom stereocenters. The third-order valence-corrected chi connectivity index (χ3v) is 7.90. The lowest BCUT2D eigenvalue weighted by Crippen LogP contribution is -2.42. The van der Waals surface area contributed by atoms with Gasteiger partial charge in [0, 0.05) is 56.6 Å². The van der Waals surface area contributed by atoms with Crippen LogP contribution in [0.5, 0.6) is 0 Å². The molecule has 1 amide bonds.